The maximum Gasteiger partial charge on any atom is 0.217 e. The smallest absolute Gasteiger partial charge is 0.217 e. The molecule has 9 nitrogen and oxygen atoms in total. The molecule has 0 bridgehead atoms. The van der Waals surface area contributed by atoms with Crippen LogP contribution in [0.5, 0.6) is 11.5 Å². The summed E-state index contributed by atoms with van der Waals surface area (Å²) in [6, 6.07) is 12.1. The fraction of sp³-hybridized carbons (Fsp3) is 0.296. The van der Waals surface area contributed by atoms with Crippen LogP contribution in [-0.4, -0.2) is 45.0 Å². The molecule has 1 aliphatic heterocycles. The molecule has 1 saturated heterocycles. The van der Waals surface area contributed by atoms with E-state index in [1.807, 2.05) is 50.2 Å². The number of aryl methyl sites for hydroxylation is 2. The van der Waals surface area contributed by atoms with Gasteiger partial charge in [0.15, 0.2) is 0 Å². The molecule has 1 aliphatic carbocycles. The van der Waals surface area contributed by atoms with Gasteiger partial charge in [0.05, 0.1) is 17.9 Å². The number of hydrogen-bond donors (Lipinski definition) is 2. The molecule has 1 aromatic carbocycles. The normalized spacial score (nSPS) is 20.2. The van der Waals surface area contributed by atoms with Gasteiger partial charge < -0.3 is 20.3 Å². The molecular weight excluding hydrogens is 454 g/mol. The van der Waals surface area contributed by atoms with Crippen LogP contribution in [0.2, 0.25) is 0 Å². The zero-order valence-corrected chi connectivity index (χ0v) is 20.4. The van der Waals surface area contributed by atoms with Crippen molar-refractivity contribution in [3.05, 3.63) is 66.4 Å². The number of aromatic nitrogens is 4. The van der Waals surface area contributed by atoms with E-state index in [4.69, 9.17) is 4.74 Å². The SMILES string of the molecule is CC(=O)NC1C2CN(c3cc4c(Nc5ccc(Oc6ccc(C)nc6)c(C)c5)ncnc4cn3)CC21. The lowest BCUT2D eigenvalue weighted by atomic mass is 10.2. The maximum atomic E-state index is 11.4. The summed E-state index contributed by atoms with van der Waals surface area (Å²) < 4.78 is 6.00. The molecule has 2 atom stereocenters. The number of benzene rings is 1. The molecule has 2 aliphatic rings. The predicted octanol–water partition coefficient (Wildman–Crippen LogP) is 4.14. The quantitative estimate of drug-likeness (QED) is 0.423. The van der Waals surface area contributed by atoms with Crippen LogP contribution in [-0.2, 0) is 4.79 Å². The first kappa shape index (κ1) is 22.2. The molecular formula is C27H27N7O2. The fourth-order valence-electron chi connectivity index (χ4n) is 5.00. The lowest BCUT2D eigenvalue weighted by molar-refractivity contribution is -0.119. The van der Waals surface area contributed by atoms with E-state index >= 15 is 0 Å². The van der Waals surface area contributed by atoms with E-state index in [2.05, 4.69) is 35.5 Å². The molecule has 2 fully saturated rings. The number of anilines is 3. The van der Waals surface area contributed by atoms with Gasteiger partial charge in [0.25, 0.3) is 0 Å². The van der Waals surface area contributed by atoms with Crippen molar-refractivity contribution >= 4 is 34.1 Å². The third-order valence-electron chi connectivity index (χ3n) is 6.94. The number of carbonyl (C=O) groups is 1. The number of fused-ring (bicyclic) bond motifs is 2. The van der Waals surface area contributed by atoms with Crippen molar-refractivity contribution in [3.63, 3.8) is 0 Å². The van der Waals surface area contributed by atoms with Crippen LogP contribution in [0.3, 0.4) is 0 Å². The minimum atomic E-state index is 0.0413. The molecule has 4 heterocycles. The largest absolute Gasteiger partial charge is 0.455 e. The summed E-state index contributed by atoms with van der Waals surface area (Å²) in [6.45, 7) is 7.32. The highest BCUT2D eigenvalue weighted by atomic mass is 16.5. The van der Waals surface area contributed by atoms with E-state index in [0.29, 0.717) is 23.6 Å². The molecule has 1 amide bonds. The molecule has 0 spiro atoms. The minimum Gasteiger partial charge on any atom is -0.455 e. The van der Waals surface area contributed by atoms with Gasteiger partial charge in [0, 0.05) is 54.7 Å². The van der Waals surface area contributed by atoms with Gasteiger partial charge in [-0.05, 0) is 55.8 Å². The van der Waals surface area contributed by atoms with Gasteiger partial charge in [-0.1, -0.05) is 0 Å². The number of nitrogens with zero attached hydrogens (tertiary/aromatic N) is 5. The summed E-state index contributed by atoms with van der Waals surface area (Å²) in [5.41, 5.74) is 3.62. The Morgan fingerprint density at radius 2 is 1.83 bits per heavy atom. The number of carbonyl (C=O) groups excluding carboxylic acids is 1. The predicted molar refractivity (Wildman–Crippen MR) is 138 cm³/mol. The number of pyridine rings is 2. The van der Waals surface area contributed by atoms with E-state index in [9.17, 15) is 4.79 Å². The Morgan fingerprint density at radius 1 is 1.00 bits per heavy atom. The second-order valence-electron chi connectivity index (χ2n) is 9.58. The number of nitrogens with one attached hydrogen (secondary N) is 2. The molecule has 182 valence electrons. The summed E-state index contributed by atoms with van der Waals surface area (Å²) in [6.07, 6.45) is 5.07. The topological polar surface area (TPSA) is 105 Å². The van der Waals surface area contributed by atoms with Gasteiger partial charge in [-0.3, -0.25) is 9.78 Å². The standard InChI is InChI=1S/C27H27N7O2/c1-15-8-18(5-7-24(15)36-19-6-4-16(2)28-10-19)33-27-20-9-25(29-11-23(20)30-14-31-27)34-12-21-22(13-34)26(21)32-17(3)35/h4-11,14,21-22,26H,12-13H2,1-3H3,(H,32,35)(H,30,31,33). The Hall–Kier alpha value is -4.27. The molecule has 0 radical (unpaired) electrons. The molecule has 36 heavy (non-hydrogen) atoms. The van der Waals surface area contributed by atoms with E-state index in [1.54, 1.807) is 25.6 Å². The van der Waals surface area contributed by atoms with Crippen molar-refractivity contribution in [3.8, 4) is 11.5 Å². The van der Waals surface area contributed by atoms with Crippen molar-refractivity contribution in [1.29, 1.82) is 0 Å². The van der Waals surface area contributed by atoms with Crippen LogP contribution in [0, 0.1) is 25.7 Å². The summed E-state index contributed by atoms with van der Waals surface area (Å²) in [5, 5.41) is 7.40. The first-order valence-electron chi connectivity index (χ1n) is 12.1. The van der Waals surface area contributed by atoms with Gasteiger partial charge in [-0.25, -0.2) is 15.0 Å². The second kappa shape index (κ2) is 8.75. The van der Waals surface area contributed by atoms with Gasteiger partial charge in [0.2, 0.25) is 5.91 Å². The molecule has 4 aromatic rings. The number of piperidine rings is 1. The number of ether oxygens (including phenoxy) is 1. The van der Waals surface area contributed by atoms with Crippen molar-refractivity contribution in [2.45, 2.75) is 26.8 Å². The molecule has 6 rings (SSSR count). The average molecular weight is 482 g/mol. The number of amides is 1. The third-order valence-corrected chi connectivity index (χ3v) is 6.94. The van der Waals surface area contributed by atoms with E-state index in [1.165, 1.54) is 0 Å². The lowest BCUT2D eigenvalue weighted by Gasteiger charge is -2.21. The lowest BCUT2D eigenvalue weighted by Crippen LogP contribution is -2.33. The van der Waals surface area contributed by atoms with Crippen LogP contribution in [0.15, 0.2) is 55.1 Å². The van der Waals surface area contributed by atoms with Crippen LogP contribution in [0.4, 0.5) is 17.3 Å². The van der Waals surface area contributed by atoms with Crippen molar-refractivity contribution in [2.24, 2.45) is 11.8 Å². The maximum absolute atomic E-state index is 11.4. The van der Waals surface area contributed by atoms with Crippen LogP contribution < -0.4 is 20.3 Å². The Balaban J connectivity index is 1.20. The Kier molecular flexibility index (Phi) is 5.40. The Bertz CT molecular complexity index is 1440. The summed E-state index contributed by atoms with van der Waals surface area (Å²) in [5.74, 6) is 4.13. The fourth-order valence-corrected chi connectivity index (χ4v) is 5.00. The van der Waals surface area contributed by atoms with Crippen LogP contribution in [0.25, 0.3) is 10.9 Å². The molecule has 2 unspecified atom stereocenters. The molecule has 9 heteroatoms. The highest BCUT2D eigenvalue weighted by Crippen LogP contribution is 2.46. The van der Waals surface area contributed by atoms with Crippen LogP contribution >= 0.6 is 0 Å². The molecule has 3 aromatic heterocycles. The van der Waals surface area contributed by atoms with Gasteiger partial charge in [0.1, 0.15) is 29.5 Å². The minimum absolute atomic E-state index is 0.0413. The van der Waals surface area contributed by atoms with Gasteiger partial charge in [-0.15, -0.1) is 0 Å². The average Bonchev–Trinajstić information content (AvgIpc) is 3.28. The van der Waals surface area contributed by atoms with Gasteiger partial charge >= 0.3 is 0 Å². The third kappa shape index (κ3) is 4.28. The Labute approximate surface area is 209 Å². The van der Waals surface area contributed by atoms with Crippen LogP contribution in [0.1, 0.15) is 18.2 Å². The highest BCUT2D eigenvalue weighted by molar-refractivity contribution is 5.92. The van der Waals surface area contributed by atoms with Crippen molar-refractivity contribution in [1.82, 2.24) is 25.3 Å². The summed E-state index contributed by atoms with van der Waals surface area (Å²) >= 11 is 0. The molecule has 1 saturated carbocycles. The number of rotatable bonds is 6. The summed E-state index contributed by atoms with van der Waals surface area (Å²) in [7, 11) is 0. The van der Waals surface area contributed by atoms with E-state index in [-0.39, 0.29) is 5.91 Å². The first-order chi connectivity index (χ1) is 17.4. The summed E-state index contributed by atoms with van der Waals surface area (Å²) in [4.78, 5) is 31.5. The monoisotopic (exact) mass is 481 g/mol. The number of hydrogen-bond acceptors (Lipinski definition) is 8. The zero-order valence-electron chi connectivity index (χ0n) is 20.4. The van der Waals surface area contributed by atoms with E-state index in [0.717, 1.165) is 58.3 Å². The van der Waals surface area contributed by atoms with Gasteiger partial charge in [-0.2, -0.15) is 0 Å². The van der Waals surface area contributed by atoms with Crippen molar-refractivity contribution in [2.75, 3.05) is 23.3 Å². The first-order valence-corrected chi connectivity index (χ1v) is 12.1. The highest BCUT2D eigenvalue weighted by Gasteiger charge is 2.56. The second-order valence-corrected chi connectivity index (χ2v) is 9.58. The van der Waals surface area contributed by atoms with Crippen molar-refractivity contribution < 1.29 is 9.53 Å². The zero-order chi connectivity index (χ0) is 24.8. The molecule has 2 N–H and O–H groups in total. The Morgan fingerprint density at radius 3 is 2.56 bits per heavy atom. The van der Waals surface area contributed by atoms with E-state index < -0.39 is 0 Å².